The molecule has 1 aromatic rings. The van der Waals surface area contributed by atoms with E-state index in [1.165, 1.54) is 0 Å². The molecular formula is C32H50O10Si. The van der Waals surface area contributed by atoms with Gasteiger partial charge in [-0.2, -0.15) is 0 Å². The molecule has 0 spiro atoms. The summed E-state index contributed by atoms with van der Waals surface area (Å²) in [6, 6.07) is 10.1. The van der Waals surface area contributed by atoms with E-state index in [2.05, 4.69) is 41.5 Å². The Labute approximate surface area is 257 Å². The minimum atomic E-state index is -2.78. The van der Waals surface area contributed by atoms with E-state index in [9.17, 15) is 0 Å². The first-order valence-electron chi connectivity index (χ1n) is 15.6. The van der Waals surface area contributed by atoms with Crippen LogP contribution in [0.15, 0.2) is 30.3 Å². The first-order valence-corrected chi connectivity index (χ1v) is 17.4. The van der Waals surface area contributed by atoms with E-state index in [-0.39, 0.29) is 35.0 Å². The van der Waals surface area contributed by atoms with Gasteiger partial charge in [0.15, 0.2) is 24.2 Å². The number of hydrogen-bond acceptors (Lipinski definition) is 10. The standard InChI is InChI=1S/C32H50O10Si/c1-29(2,3)43(30(4,5)6)35-18-21-23(42-43)25(33-16-19-14-12-11-13-15-19)27(36-21)34-17-20-22-24(39-31(7,8)38-22)26-28(37-20)41-32(9,10)40-26/h11-15,20-28H,16-18H2,1-10H3/t20-,21-,22+,23-,24+,25+,26-,27?,28-/m1/s1. The van der Waals surface area contributed by atoms with Gasteiger partial charge in [0, 0.05) is 10.1 Å². The fraction of sp³-hybridized carbons (Fsp3) is 0.812. The third kappa shape index (κ3) is 6.01. The second-order valence-corrected chi connectivity index (χ2v) is 20.1. The van der Waals surface area contributed by atoms with E-state index in [4.69, 9.17) is 46.7 Å². The van der Waals surface area contributed by atoms with Crippen molar-refractivity contribution in [3.05, 3.63) is 35.9 Å². The highest BCUT2D eigenvalue weighted by Crippen LogP contribution is 2.55. The molecule has 1 unspecified atom stereocenters. The average molecular weight is 623 g/mol. The zero-order valence-electron chi connectivity index (χ0n) is 27.3. The number of benzene rings is 1. The quantitative estimate of drug-likeness (QED) is 0.396. The van der Waals surface area contributed by atoms with Crippen LogP contribution in [0.3, 0.4) is 0 Å². The molecule has 0 bridgehead atoms. The van der Waals surface area contributed by atoms with Crippen molar-refractivity contribution < 1.29 is 46.7 Å². The van der Waals surface area contributed by atoms with Crippen LogP contribution in [0, 0.1) is 0 Å². The van der Waals surface area contributed by atoms with Gasteiger partial charge in [0.05, 0.1) is 19.8 Å². The Balaban J connectivity index is 1.22. The van der Waals surface area contributed by atoms with Gasteiger partial charge in [-0.15, -0.1) is 0 Å². The van der Waals surface area contributed by atoms with Crippen LogP contribution in [-0.2, 0) is 53.4 Å². The molecule has 0 amide bonds. The molecule has 0 saturated carbocycles. The predicted molar refractivity (Wildman–Crippen MR) is 158 cm³/mol. The van der Waals surface area contributed by atoms with Crippen LogP contribution >= 0.6 is 0 Å². The molecule has 0 N–H and O–H groups in total. The lowest BCUT2D eigenvalue weighted by atomic mass is 9.99. The summed E-state index contributed by atoms with van der Waals surface area (Å²) >= 11 is 0. The maximum atomic E-state index is 7.10. The lowest BCUT2D eigenvalue weighted by Gasteiger charge is -2.53. The maximum absolute atomic E-state index is 7.10. The number of rotatable bonds is 6. The minimum Gasteiger partial charge on any atom is -0.391 e. The Morgan fingerprint density at radius 2 is 1.40 bits per heavy atom. The number of fused-ring (bicyclic) bond motifs is 4. The molecule has 0 radical (unpaired) electrons. The van der Waals surface area contributed by atoms with Gasteiger partial charge >= 0.3 is 8.56 Å². The molecule has 0 aliphatic carbocycles. The van der Waals surface area contributed by atoms with E-state index in [0.717, 1.165) is 5.56 Å². The third-order valence-corrected chi connectivity index (χ3v) is 14.1. The van der Waals surface area contributed by atoms with Crippen LogP contribution in [0.4, 0.5) is 0 Å². The third-order valence-electron chi connectivity index (χ3n) is 8.96. The highest BCUT2D eigenvalue weighted by Gasteiger charge is 2.66. The SMILES string of the molecule is CC1(C)O[C@H]2[C@@H](O1)[C@@H](COC1O[C@@H]3CO[Si](C(C)(C)C)(C(C)(C)C)O[C@H]3[C@@H]1OCc1ccccc1)O[C@@H]1OC(C)(C)O[C@@H]12. The number of hydrogen-bond donors (Lipinski definition) is 0. The zero-order chi connectivity index (χ0) is 31.0. The summed E-state index contributed by atoms with van der Waals surface area (Å²) in [7, 11) is -2.78. The van der Waals surface area contributed by atoms with Gasteiger partial charge in [-0.05, 0) is 33.3 Å². The second kappa shape index (κ2) is 11.1. The lowest BCUT2D eigenvalue weighted by Crippen LogP contribution is -2.65. The summed E-state index contributed by atoms with van der Waals surface area (Å²) in [6.07, 6.45) is -4.05. The molecular weight excluding hydrogens is 572 g/mol. The first-order chi connectivity index (χ1) is 20.0. The average Bonchev–Trinajstić information content (AvgIpc) is 3.53. The van der Waals surface area contributed by atoms with Crippen LogP contribution in [0.2, 0.25) is 10.1 Å². The van der Waals surface area contributed by atoms with Crippen LogP contribution in [0.25, 0.3) is 0 Å². The Morgan fingerprint density at radius 3 is 2.07 bits per heavy atom. The van der Waals surface area contributed by atoms with Gasteiger partial charge in [-0.3, -0.25) is 0 Å². The molecule has 5 aliphatic rings. The smallest absolute Gasteiger partial charge is 0.349 e. The summed E-state index contributed by atoms with van der Waals surface area (Å²) in [6.45, 7) is 21.8. The molecule has 1 aromatic carbocycles. The van der Waals surface area contributed by atoms with Gasteiger partial charge in [0.2, 0.25) is 0 Å². The van der Waals surface area contributed by atoms with Crippen molar-refractivity contribution in [2.45, 2.75) is 153 Å². The molecule has 9 atom stereocenters. The Kier molecular flexibility index (Phi) is 8.25. The molecule has 0 aromatic heterocycles. The number of ether oxygens (including phenoxy) is 8. The van der Waals surface area contributed by atoms with Gasteiger partial charge in [0.1, 0.15) is 42.7 Å². The molecule has 11 heteroatoms. The van der Waals surface area contributed by atoms with Crippen molar-refractivity contribution in [3.8, 4) is 0 Å². The highest BCUT2D eigenvalue weighted by atomic mass is 28.4. The predicted octanol–water partition coefficient (Wildman–Crippen LogP) is 5.17. The van der Waals surface area contributed by atoms with Crippen LogP contribution in [0.5, 0.6) is 0 Å². The normalized spacial score (nSPS) is 39.7. The summed E-state index contributed by atoms with van der Waals surface area (Å²) in [5.74, 6) is -1.58. The van der Waals surface area contributed by atoms with E-state index in [1.54, 1.807) is 0 Å². The highest BCUT2D eigenvalue weighted by molar-refractivity contribution is 6.73. The monoisotopic (exact) mass is 622 g/mol. The molecule has 5 heterocycles. The van der Waals surface area contributed by atoms with Crippen LogP contribution in [-0.4, -0.2) is 88.7 Å². The van der Waals surface area contributed by atoms with Crippen molar-refractivity contribution in [1.82, 2.24) is 0 Å². The Bertz CT molecular complexity index is 1120. The first kappa shape index (κ1) is 32.0. The van der Waals surface area contributed by atoms with Crippen LogP contribution < -0.4 is 0 Å². The van der Waals surface area contributed by atoms with E-state index in [1.807, 2.05) is 58.0 Å². The Hall–Kier alpha value is -0.963. The zero-order valence-corrected chi connectivity index (χ0v) is 28.3. The van der Waals surface area contributed by atoms with E-state index >= 15 is 0 Å². The van der Waals surface area contributed by atoms with Crippen molar-refractivity contribution in [2.75, 3.05) is 13.2 Å². The van der Waals surface area contributed by atoms with E-state index in [0.29, 0.717) is 13.2 Å². The maximum Gasteiger partial charge on any atom is 0.349 e. The molecule has 43 heavy (non-hydrogen) atoms. The molecule has 5 saturated heterocycles. The fourth-order valence-electron chi connectivity index (χ4n) is 7.40. The summed E-state index contributed by atoms with van der Waals surface area (Å²) in [5, 5.41) is -0.352. The molecule has 242 valence electrons. The van der Waals surface area contributed by atoms with Crippen molar-refractivity contribution in [2.24, 2.45) is 0 Å². The summed E-state index contributed by atoms with van der Waals surface area (Å²) < 4.78 is 64.6. The molecule has 10 nitrogen and oxygen atoms in total. The minimum absolute atomic E-state index is 0.176. The van der Waals surface area contributed by atoms with E-state index < -0.39 is 57.1 Å². The summed E-state index contributed by atoms with van der Waals surface area (Å²) in [5.41, 5.74) is 1.07. The van der Waals surface area contributed by atoms with Gasteiger partial charge in [-0.1, -0.05) is 71.9 Å². The second-order valence-electron chi connectivity index (χ2n) is 15.4. The molecule has 6 rings (SSSR count). The molecule has 5 fully saturated rings. The van der Waals surface area contributed by atoms with Crippen LogP contribution in [0.1, 0.15) is 74.8 Å². The van der Waals surface area contributed by atoms with Gasteiger partial charge in [0.25, 0.3) is 0 Å². The molecule has 5 aliphatic heterocycles. The fourth-order valence-corrected chi connectivity index (χ4v) is 12.4. The van der Waals surface area contributed by atoms with Gasteiger partial charge < -0.3 is 46.7 Å². The summed E-state index contributed by atoms with van der Waals surface area (Å²) in [4.78, 5) is 0. The van der Waals surface area contributed by atoms with Gasteiger partial charge in [-0.25, -0.2) is 0 Å². The van der Waals surface area contributed by atoms with Crippen molar-refractivity contribution >= 4 is 8.56 Å². The lowest BCUT2D eigenvalue weighted by molar-refractivity contribution is -0.261. The van der Waals surface area contributed by atoms with Crippen molar-refractivity contribution in [3.63, 3.8) is 0 Å². The largest absolute Gasteiger partial charge is 0.391 e. The Morgan fingerprint density at radius 1 is 0.767 bits per heavy atom. The van der Waals surface area contributed by atoms with Crippen molar-refractivity contribution in [1.29, 1.82) is 0 Å². The topological polar surface area (TPSA) is 92.3 Å².